The molecule has 0 saturated heterocycles. The Morgan fingerprint density at radius 3 is 2.06 bits per heavy atom. The van der Waals surface area contributed by atoms with Gasteiger partial charge in [-0.05, 0) is 42.5 Å². The molecule has 7 heteroatoms. The Hall–Kier alpha value is -4.70. The minimum Gasteiger partial charge on any atom is -0.432 e. The molecule has 0 bridgehead atoms. The molecule has 0 spiro atoms. The summed E-state index contributed by atoms with van der Waals surface area (Å²) in [7, 11) is 0. The van der Waals surface area contributed by atoms with Gasteiger partial charge in [-0.25, -0.2) is 24.9 Å². The fourth-order valence-electron chi connectivity index (χ4n) is 3.57. The monoisotopic (exact) mass is 400 g/mol. The first kappa shape index (κ1) is 17.2. The molecule has 3 aromatic heterocycles. The van der Waals surface area contributed by atoms with Crippen molar-refractivity contribution in [2.24, 2.45) is 0 Å². The summed E-state index contributed by atoms with van der Waals surface area (Å²) >= 11 is 0. The number of para-hydroxylation sites is 4. The van der Waals surface area contributed by atoms with E-state index in [1.807, 2.05) is 66.7 Å². The van der Waals surface area contributed by atoms with Crippen LogP contribution in [-0.2, 0) is 0 Å². The predicted octanol–water partition coefficient (Wildman–Crippen LogP) is 5.07. The lowest BCUT2D eigenvalue weighted by Gasteiger charge is -2.03. The molecule has 0 radical (unpaired) electrons. The fourth-order valence-corrected chi connectivity index (χ4v) is 3.57. The molecule has 3 heterocycles. The molecule has 0 fully saturated rings. The van der Waals surface area contributed by atoms with Gasteiger partial charge in [0.25, 0.3) is 0 Å². The van der Waals surface area contributed by atoms with Gasteiger partial charge in [0.15, 0.2) is 11.3 Å². The lowest BCUT2D eigenvalue weighted by Crippen LogP contribution is -1.94. The van der Waals surface area contributed by atoms with Gasteiger partial charge >= 0.3 is 0 Å². The van der Waals surface area contributed by atoms with E-state index in [1.165, 1.54) is 6.08 Å². The lowest BCUT2D eigenvalue weighted by molar-refractivity contribution is 0.619. The zero-order valence-electron chi connectivity index (χ0n) is 16.0. The van der Waals surface area contributed by atoms with Crippen LogP contribution in [0.25, 0.3) is 61.9 Å². The topological polar surface area (TPSA) is 101 Å². The van der Waals surface area contributed by atoms with Gasteiger partial charge in [0, 0.05) is 6.08 Å². The molecule has 144 valence electrons. The summed E-state index contributed by atoms with van der Waals surface area (Å²) in [6, 6.07) is 21.0. The predicted molar refractivity (Wildman–Crippen MR) is 118 cm³/mol. The second-order valence-electron chi connectivity index (χ2n) is 6.92. The smallest absolute Gasteiger partial charge is 0.248 e. The van der Waals surface area contributed by atoms with Crippen molar-refractivity contribution in [3.63, 3.8) is 0 Å². The largest absolute Gasteiger partial charge is 0.432 e. The summed E-state index contributed by atoms with van der Waals surface area (Å²) in [5, 5.41) is 8.98. The highest BCUT2D eigenvalue weighted by molar-refractivity contribution is 6.02. The molecular weight excluding hydrogens is 388 g/mol. The van der Waals surface area contributed by atoms with E-state index in [9.17, 15) is 0 Å². The maximum atomic E-state index is 8.98. The molecule has 0 N–H and O–H groups in total. The highest BCUT2D eigenvalue weighted by atomic mass is 16.3. The Labute approximate surface area is 175 Å². The highest BCUT2D eigenvalue weighted by Crippen LogP contribution is 2.31. The molecule has 0 amide bonds. The third-order valence-electron chi connectivity index (χ3n) is 4.98. The van der Waals surface area contributed by atoms with Gasteiger partial charge < -0.3 is 4.42 Å². The molecule has 0 aliphatic carbocycles. The number of aromatic nitrogens is 5. The number of allylic oxidation sites excluding steroid dienone is 1. The van der Waals surface area contributed by atoms with Crippen molar-refractivity contribution in [1.82, 2.24) is 24.9 Å². The summed E-state index contributed by atoms with van der Waals surface area (Å²) in [5.41, 5.74) is 6.55. The first-order chi connectivity index (χ1) is 15.3. The van der Waals surface area contributed by atoms with Gasteiger partial charge in [-0.1, -0.05) is 24.3 Å². The van der Waals surface area contributed by atoms with Crippen LogP contribution in [0.15, 0.2) is 71.2 Å². The molecule has 3 aromatic carbocycles. The van der Waals surface area contributed by atoms with Crippen LogP contribution in [0.2, 0.25) is 0 Å². The summed E-state index contributed by atoms with van der Waals surface area (Å²) in [5.74, 6) is 0.313. The van der Waals surface area contributed by atoms with Gasteiger partial charge in [0.2, 0.25) is 5.89 Å². The number of hydrogen-bond acceptors (Lipinski definition) is 7. The third kappa shape index (κ3) is 2.78. The zero-order valence-corrected chi connectivity index (χ0v) is 16.0. The van der Waals surface area contributed by atoms with Crippen molar-refractivity contribution in [2.75, 3.05) is 0 Å². The molecule has 6 rings (SSSR count). The minimum atomic E-state index is 0.313. The Morgan fingerprint density at radius 2 is 1.32 bits per heavy atom. The Bertz CT molecular complexity index is 1710. The maximum Gasteiger partial charge on any atom is 0.248 e. The van der Waals surface area contributed by atoms with Crippen LogP contribution in [0, 0.1) is 11.3 Å². The van der Waals surface area contributed by atoms with Crippen molar-refractivity contribution in [3.05, 3.63) is 72.4 Å². The molecule has 0 aliphatic heterocycles. The van der Waals surface area contributed by atoms with Crippen molar-refractivity contribution in [2.45, 2.75) is 0 Å². The van der Waals surface area contributed by atoms with Crippen molar-refractivity contribution in [3.8, 4) is 17.7 Å². The van der Waals surface area contributed by atoms with Crippen LogP contribution < -0.4 is 0 Å². The average Bonchev–Trinajstić information content (AvgIpc) is 3.25. The van der Waals surface area contributed by atoms with Gasteiger partial charge in [-0.3, -0.25) is 0 Å². The number of hydrogen-bond donors (Lipinski definition) is 0. The minimum absolute atomic E-state index is 0.313. The van der Waals surface area contributed by atoms with Crippen LogP contribution in [-0.4, -0.2) is 24.9 Å². The van der Waals surface area contributed by atoms with Crippen molar-refractivity contribution in [1.29, 1.82) is 5.26 Å². The van der Waals surface area contributed by atoms with E-state index >= 15 is 0 Å². The Kier molecular flexibility index (Phi) is 3.70. The van der Waals surface area contributed by atoms with E-state index in [-0.39, 0.29) is 0 Å². The molecule has 0 unspecified atom stereocenters. The van der Waals surface area contributed by atoms with E-state index < -0.39 is 0 Å². The average molecular weight is 400 g/mol. The maximum absolute atomic E-state index is 8.98. The van der Waals surface area contributed by atoms with Gasteiger partial charge in [-0.15, -0.1) is 0 Å². The summed E-state index contributed by atoms with van der Waals surface area (Å²) in [6.07, 6.45) is 2.97. The summed E-state index contributed by atoms with van der Waals surface area (Å²) in [4.78, 5) is 23.4. The van der Waals surface area contributed by atoms with E-state index in [4.69, 9.17) is 19.6 Å². The molecule has 6 aromatic rings. The molecule has 7 nitrogen and oxygen atoms in total. The molecular formula is C24H12N6O. The zero-order chi connectivity index (χ0) is 20.8. The van der Waals surface area contributed by atoms with Crippen molar-refractivity contribution >= 4 is 50.3 Å². The molecule has 31 heavy (non-hydrogen) atoms. The quantitative estimate of drug-likeness (QED) is 0.295. The molecule has 0 saturated carbocycles. The Morgan fingerprint density at radius 1 is 0.677 bits per heavy atom. The normalized spacial score (nSPS) is 11.7. The first-order valence-electron chi connectivity index (χ1n) is 9.59. The Balaban J connectivity index is 1.63. The molecule has 0 aliphatic rings. The first-order valence-corrected chi connectivity index (χ1v) is 9.59. The SMILES string of the molecule is N#C/C=C/c1nc2ccccc2nc1-c1nc2ccc3nc4ccccc4nc3c2o1. The van der Waals surface area contributed by atoms with Gasteiger partial charge in [0.05, 0.1) is 39.3 Å². The number of nitrogens with zero attached hydrogens (tertiary/aromatic N) is 6. The van der Waals surface area contributed by atoms with Crippen LogP contribution in [0.3, 0.4) is 0 Å². The van der Waals surface area contributed by atoms with E-state index in [2.05, 4.69) is 15.0 Å². The standard InChI is InChI=1S/C24H12N6O/c25-13-5-10-18-22(29-17-9-4-2-7-15(17)26-18)24-30-20-12-11-19-21(23(20)31-24)28-16-8-3-1-6-14(16)27-19/h1-12H/b10-5+. The van der Waals surface area contributed by atoms with E-state index in [0.29, 0.717) is 39.4 Å². The van der Waals surface area contributed by atoms with Crippen LogP contribution in [0.5, 0.6) is 0 Å². The van der Waals surface area contributed by atoms with Crippen LogP contribution in [0.4, 0.5) is 0 Å². The number of benzene rings is 3. The number of fused-ring (bicyclic) bond motifs is 5. The second kappa shape index (κ2) is 6.68. The lowest BCUT2D eigenvalue weighted by atomic mass is 10.2. The van der Waals surface area contributed by atoms with Gasteiger partial charge in [0.1, 0.15) is 11.0 Å². The number of rotatable bonds is 2. The summed E-state index contributed by atoms with van der Waals surface area (Å²) < 4.78 is 6.15. The van der Waals surface area contributed by atoms with E-state index in [0.717, 1.165) is 22.1 Å². The highest BCUT2D eigenvalue weighted by Gasteiger charge is 2.18. The molecule has 0 atom stereocenters. The third-order valence-corrected chi connectivity index (χ3v) is 4.98. The van der Waals surface area contributed by atoms with Crippen LogP contribution >= 0.6 is 0 Å². The summed E-state index contributed by atoms with van der Waals surface area (Å²) in [6.45, 7) is 0. The van der Waals surface area contributed by atoms with Crippen LogP contribution in [0.1, 0.15) is 5.69 Å². The number of oxazole rings is 1. The fraction of sp³-hybridized carbons (Fsp3) is 0. The van der Waals surface area contributed by atoms with Gasteiger partial charge in [-0.2, -0.15) is 5.26 Å². The van der Waals surface area contributed by atoms with Crippen molar-refractivity contribution < 1.29 is 4.42 Å². The number of nitriles is 1. The van der Waals surface area contributed by atoms with E-state index in [1.54, 1.807) is 6.08 Å². The second-order valence-corrected chi connectivity index (χ2v) is 6.92.